The fraction of sp³-hybridized carbons (Fsp3) is 0.333. The third-order valence-electron chi connectivity index (χ3n) is 4.43. The summed E-state index contributed by atoms with van der Waals surface area (Å²) in [6, 6.07) is 3.29. The molecule has 0 saturated heterocycles. The lowest BCUT2D eigenvalue weighted by molar-refractivity contribution is -0.154. The smallest absolute Gasteiger partial charge is 0.416 e. The van der Waals surface area contributed by atoms with Crippen molar-refractivity contribution in [2.24, 2.45) is 0 Å². The number of carbonyl (C=O) groups excluding carboxylic acids is 1. The summed E-state index contributed by atoms with van der Waals surface area (Å²) in [6.07, 6.45) is -1.98. The number of benzene rings is 1. The lowest BCUT2D eigenvalue weighted by atomic mass is 10.2. The van der Waals surface area contributed by atoms with E-state index in [4.69, 9.17) is 4.74 Å². The summed E-state index contributed by atoms with van der Waals surface area (Å²) < 4.78 is 45.9. The second kappa shape index (κ2) is 8.18. The minimum atomic E-state index is -4.48. The highest BCUT2D eigenvalue weighted by Gasteiger charge is 2.31. The molecule has 4 aromatic rings. The van der Waals surface area contributed by atoms with Crippen molar-refractivity contribution in [3.63, 3.8) is 0 Å². The second-order valence-electron chi connectivity index (χ2n) is 8.21. The van der Waals surface area contributed by atoms with Crippen LogP contribution in [0.3, 0.4) is 0 Å². The van der Waals surface area contributed by atoms with E-state index in [1.807, 2.05) is 0 Å². The Balaban J connectivity index is 1.73. The summed E-state index contributed by atoms with van der Waals surface area (Å²) in [5.41, 5.74) is -1.48. The van der Waals surface area contributed by atoms with Crippen LogP contribution >= 0.6 is 11.3 Å². The van der Waals surface area contributed by atoms with Crippen LogP contribution in [0, 0.1) is 0 Å². The molecule has 12 heteroatoms. The van der Waals surface area contributed by atoms with Crippen molar-refractivity contribution in [3.8, 4) is 0 Å². The number of esters is 1. The maximum Gasteiger partial charge on any atom is 0.416 e. The van der Waals surface area contributed by atoms with E-state index in [-0.39, 0.29) is 35.2 Å². The van der Waals surface area contributed by atoms with E-state index in [1.54, 1.807) is 20.8 Å². The van der Waals surface area contributed by atoms with Crippen LogP contribution in [0.25, 0.3) is 21.3 Å². The molecule has 0 saturated carbocycles. The number of nitrogens with zero attached hydrogens (tertiary/aromatic N) is 5. The Bertz CT molecular complexity index is 1420. The van der Waals surface area contributed by atoms with Crippen molar-refractivity contribution >= 4 is 38.6 Å². The summed E-state index contributed by atoms with van der Waals surface area (Å²) in [4.78, 5) is 37.7. The van der Waals surface area contributed by atoms with Crippen molar-refractivity contribution < 1.29 is 22.7 Å². The average molecular weight is 477 g/mol. The Kier molecular flexibility index (Phi) is 5.64. The molecule has 8 nitrogen and oxygen atoms in total. The van der Waals surface area contributed by atoms with E-state index < -0.39 is 28.9 Å². The van der Waals surface area contributed by atoms with E-state index in [1.165, 1.54) is 18.5 Å². The molecule has 0 aliphatic heterocycles. The molecule has 0 bridgehead atoms. The van der Waals surface area contributed by atoms with E-state index >= 15 is 0 Å². The largest absolute Gasteiger partial charge is 0.460 e. The molecule has 0 N–H and O–H groups in total. The van der Waals surface area contributed by atoms with Crippen LogP contribution in [0.4, 0.5) is 13.2 Å². The van der Waals surface area contributed by atoms with Crippen LogP contribution in [-0.2, 0) is 28.7 Å². The van der Waals surface area contributed by atoms with Crippen LogP contribution in [0.15, 0.2) is 35.4 Å². The molecular formula is C21H18F3N5O3S. The first-order valence-corrected chi connectivity index (χ1v) is 10.6. The minimum absolute atomic E-state index is 0.0199. The van der Waals surface area contributed by atoms with Gasteiger partial charge in [0.25, 0.3) is 5.56 Å². The van der Waals surface area contributed by atoms with Crippen LogP contribution in [0.1, 0.15) is 37.0 Å². The van der Waals surface area contributed by atoms with Gasteiger partial charge >= 0.3 is 12.1 Å². The molecule has 3 heterocycles. The number of aromatic nitrogens is 5. The molecule has 0 aliphatic carbocycles. The molecule has 0 spiro atoms. The van der Waals surface area contributed by atoms with Crippen LogP contribution in [0.5, 0.6) is 0 Å². The van der Waals surface area contributed by atoms with Crippen LogP contribution in [0.2, 0.25) is 0 Å². The quantitative estimate of drug-likeness (QED) is 0.413. The first kappa shape index (κ1) is 22.8. The number of hydrogen-bond acceptors (Lipinski definition) is 8. The van der Waals surface area contributed by atoms with E-state index in [9.17, 15) is 22.8 Å². The Hall–Kier alpha value is -3.41. The number of alkyl halides is 3. The molecule has 4 rings (SSSR count). The number of halogens is 3. The zero-order chi connectivity index (χ0) is 24.0. The SMILES string of the molecule is CC(C)(C)OC(=O)Cc1nn(Cc2nc3cc(C(F)(F)F)ccc3s2)c(=O)c2nccnc12. The Morgan fingerprint density at radius 2 is 1.82 bits per heavy atom. The number of hydrogen-bond donors (Lipinski definition) is 0. The van der Waals surface area contributed by atoms with E-state index in [0.29, 0.717) is 9.71 Å². The highest BCUT2D eigenvalue weighted by atomic mass is 32.1. The van der Waals surface area contributed by atoms with Crippen molar-refractivity contribution in [3.05, 3.63) is 57.2 Å². The predicted octanol–water partition coefficient (Wildman–Crippen LogP) is 3.75. The summed E-state index contributed by atoms with van der Waals surface area (Å²) in [5, 5.41) is 4.66. The molecule has 0 aliphatic rings. The van der Waals surface area contributed by atoms with Gasteiger partial charge in [0, 0.05) is 12.4 Å². The number of thiazole rings is 1. The van der Waals surface area contributed by atoms with Gasteiger partial charge in [0.2, 0.25) is 0 Å². The zero-order valence-corrected chi connectivity index (χ0v) is 18.6. The van der Waals surface area contributed by atoms with E-state index in [2.05, 4.69) is 20.1 Å². The first-order valence-electron chi connectivity index (χ1n) is 9.80. The van der Waals surface area contributed by atoms with Gasteiger partial charge in [-0.3, -0.25) is 14.6 Å². The van der Waals surface area contributed by atoms with Crippen molar-refractivity contribution in [2.75, 3.05) is 0 Å². The summed E-state index contributed by atoms with van der Waals surface area (Å²) in [5.74, 6) is -0.549. The summed E-state index contributed by atoms with van der Waals surface area (Å²) in [7, 11) is 0. The normalized spacial score (nSPS) is 12.4. The van der Waals surface area contributed by atoms with Gasteiger partial charge in [-0.05, 0) is 39.0 Å². The molecule has 1 aromatic carbocycles. The maximum absolute atomic E-state index is 13.0. The molecule has 3 aromatic heterocycles. The van der Waals surface area contributed by atoms with Crippen LogP contribution in [-0.4, -0.2) is 36.3 Å². The number of fused-ring (bicyclic) bond motifs is 2. The standard InChI is InChI=1S/C21H18F3N5O3S/c1-20(2,3)32-16(30)9-13-17-18(26-7-6-25-17)19(31)29(28-13)10-15-27-12-8-11(21(22,23)24)4-5-14(12)33-15/h4-8H,9-10H2,1-3H3. The summed E-state index contributed by atoms with van der Waals surface area (Å²) >= 11 is 1.15. The first-order chi connectivity index (χ1) is 15.4. The van der Waals surface area contributed by atoms with Gasteiger partial charge in [0.15, 0.2) is 5.52 Å². The third-order valence-corrected chi connectivity index (χ3v) is 5.45. The summed E-state index contributed by atoms with van der Waals surface area (Å²) in [6.45, 7) is 5.09. The number of ether oxygens (including phenoxy) is 1. The maximum atomic E-state index is 13.0. The van der Waals surface area contributed by atoms with Crippen molar-refractivity contribution in [2.45, 2.75) is 45.5 Å². The van der Waals surface area contributed by atoms with Gasteiger partial charge in [0.05, 0.1) is 28.7 Å². The molecule has 33 heavy (non-hydrogen) atoms. The lowest BCUT2D eigenvalue weighted by Crippen LogP contribution is -2.29. The molecule has 0 atom stereocenters. The highest BCUT2D eigenvalue weighted by molar-refractivity contribution is 7.18. The molecular weight excluding hydrogens is 459 g/mol. The van der Waals surface area contributed by atoms with Gasteiger partial charge in [-0.2, -0.15) is 18.3 Å². The third kappa shape index (κ3) is 5.00. The topological polar surface area (TPSA) is 99.9 Å². The number of carbonyl (C=O) groups is 1. The molecule has 0 unspecified atom stereocenters. The van der Waals surface area contributed by atoms with Crippen LogP contribution < -0.4 is 5.56 Å². The zero-order valence-electron chi connectivity index (χ0n) is 17.8. The predicted molar refractivity (Wildman–Crippen MR) is 115 cm³/mol. The fourth-order valence-corrected chi connectivity index (χ4v) is 4.08. The molecule has 172 valence electrons. The molecule has 0 amide bonds. The lowest BCUT2D eigenvalue weighted by Gasteiger charge is -2.19. The van der Waals surface area contributed by atoms with Gasteiger partial charge in [-0.1, -0.05) is 0 Å². The average Bonchev–Trinajstić information content (AvgIpc) is 3.11. The van der Waals surface area contributed by atoms with Gasteiger partial charge in [-0.15, -0.1) is 11.3 Å². The second-order valence-corrected chi connectivity index (χ2v) is 9.33. The highest BCUT2D eigenvalue weighted by Crippen LogP contribution is 2.33. The molecule has 0 radical (unpaired) electrons. The Morgan fingerprint density at radius 1 is 1.12 bits per heavy atom. The van der Waals surface area contributed by atoms with Gasteiger partial charge < -0.3 is 4.74 Å². The van der Waals surface area contributed by atoms with E-state index in [0.717, 1.165) is 28.2 Å². The van der Waals surface area contributed by atoms with Gasteiger partial charge in [-0.25, -0.2) is 14.6 Å². The molecule has 0 fully saturated rings. The minimum Gasteiger partial charge on any atom is -0.460 e. The Labute approximate surface area is 189 Å². The van der Waals surface area contributed by atoms with Crippen molar-refractivity contribution in [1.29, 1.82) is 0 Å². The van der Waals surface area contributed by atoms with Gasteiger partial charge in [0.1, 0.15) is 21.8 Å². The fourth-order valence-electron chi connectivity index (χ4n) is 3.15. The van der Waals surface area contributed by atoms with Crippen molar-refractivity contribution in [1.82, 2.24) is 24.7 Å². The monoisotopic (exact) mass is 477 g/mol. The number of rotatable bonds is 4. The Morgan fingerprint density at radius 3 is 2.48 bits per heavy atom.